The SMILES string of the molecule is CCCCn1cc[n+](C)c1.O.[OH-]. The summed E-state index contributed by atoms with van der Waals surface area (Å²) in [6, 6.07) is 0. The molecule has 0 aliphatic heterocycles. The molecule has 0 spiro atoms. The molecule has 0 aliphatic rings. The average Bonchev–Trinajstić information content (AvgIpc) is 2.31. The van der Waals surface area contributed by atoms with E-state index in [1.807, 2.05) is 7.05 Å². The quantitative estimate of drug-likeness (QED) is 0.599. The van der Waals surface area contributed by atoms with E-state index >= 15 is 0 Å². The Morgan fingerprint density at radius 3 is 2.50 bits per heavy atom. The predicted molar refractivity (Wildman–Crippen MR) is 46.1 cm³/mol. The molecule has 0 saturated carbocycles. The van der Waals surface area contributed by atoms with Crippen LogP contribution in [0, 0.1) is 0 Å². The van der Waals surface area contributed by atoms with Gasteiger partial charge in [-0.3, -0.25) is 0 Å². The lowest BCUT2D eigenvalue weighted by Crippen LogP contribution is -2.23. The number of hydrogen-bond acceptors (Lipinski definition) is 1. The Balaban J connectivity index is 0. The minimum absolute atomic E-state index is 0. The molecule has 0 atom stereocenters. The van der Waals surface area contributed by atoms with Crippen LogP contribution in [0.15, 0.2) is 18.7 Å². The van der Waals surface area contributed by atoms with Crippen LogP contribution in [0.5, 0.6) is 0 Å². The molecule has 0 radical (unpaired) electrons. The first-order valence-corrected chi connectivity index (χ1v) is 3.84. The van der Waals surface area contributed by atoms with Gasteiger partial charge in [0.25, 0.3) is 0 Å². The smallest absolute Gasteiger partial charge is 0.243 e. The summed E-state index contributed by atoms with van der Waals surface area (Å²) in [5.41, 5.74) is 0. The number of imidazole rings is 1. The van der Waals surface area contributed by atoms with Gasteiger partial charge in [0.1, 0.15) is 12.4 Å². The van der Waals surface area contributed by atoms with Gasteiger partial charge < -0.3 is 11.0 Å². The van der Waals surface area contributed by atoms with Gasteiger partial charge >= 0.3 is 0 Å². The van der Waals surface area contributed by atoms with Crippen LogP contribution < -0.4 is 4.57 Å². The standard InChI is InChI=1S/C8H15N2.2H2O/c1-3-4-5-10-7-6-9(2)8-10;;/h6-8H,3-5H2,1-2H3;2*1H2/q+1;;/p-1. The zero-order chi connectivity index (χ0) is 7.40. The topological polar surface area (TPSA) is 70.3 Å². The first-order valence-electron chi connectivity index (χ1n) is 3.84. The fourth-order valence-electron chi connectivity index (χ4n) is 0.975. The molecule has 0 aromatic carbocycles. The van der Waals surface area contributed by atoms with E-state index in [4.69, 9.17) is 0 Å². The number of aromatic nitrogens is 2. The Hall–Kier alpha value is -0.870. The first-order chi connectivity index (χ1) is 4.83. The molecule has 3 N–H and O–H groups in total. The summed E-state index contributed by atoms with van der Waals surface area (Å²) in [5.74, 6) is 0. The van der Waals surface area contributed by atoms with E-state index in [2.05, 4.69) is 34.8 Å². The molecule has 4 heteroatoms. The highest BCUT2D eigenvalue weighted by atomic mass is 16.0. The maximum absolute atomic E-state index is 2.21. The van der Waals surface area contributed by atoms with Crippen LogP contribution in [0.4, 0.5) is 0 Å². The van der Waals surface area contributed by atoms with Crippen LogP contribution in [0.3, 0.4) is 0 Å². The third kappa shape index (κ3) is 4.10. The minimum Gasteiger partial charge on any atom is -0.870 e. The van der Waals surface area contributed by atoms with E-state index in [0.717, 1.165) is 6.54 Å². The van der Waals surface area contributed by atoms with Crippen molar-refractivity contribution in [2.45, 2.75) is 26.3 Å². The molecule has 0 fully saturated rings. The highest BCUT2D eigenvalue weighted by Crippen LogP contribution is 1.91. The monoisotopic (exact) mass is 174 g/mol. The Bertz CT molecular complexity index is 199. The number of aryl methyl sites for hydroxylation is 2. The molecule has 1 aromatic rings. The van der Waals surface area contributed by atoms with Gasteiger partial charge in [-0.05, 0) is 6.42 Å². The summed E-state index contributed by atoms with van der Waals surface area (Å²) < 4.78 is 4.28. The Morgan fingerprint density at radius 1 is 1.42 bits per heavy atom. The second kappa shape index (κ2) is 6.82. The number of rotatable bonds is 3. The van der Waals surface area contributed by atoms with Gasteiger partial charge in [-0.2, -0.15) is 0 Å². The van der Waals surface area contributed by atoms with Gasteiger partial charge in [-0.25, -0.2) is 9.13 Å². The molecular weight excluding hydrogens is 156 g/mol. The normalized spacial score (nSPS) is 8.50. The van der Waals surface area contributed by atoms with Crippen molar-refractivity contribution in [1.29, 1.82) is 0 Å². The summed E-state index contributed by atoms with van der Waals surface area (Å²) >= 11 is 0. The predicted octanol–water partition coefficient (Wildman–Crippen LogP) is 0.111. The molecule has 0 aliphatic carbocycles. The molecule has 72 valence electrons. The van der Waals surface area contributed by atoms with Gasteiger partial charge in [-0.15, -0.1) is 0 Å². The number of unbranched alkanes of at least 4 members (excludes halogenated alkanes) is 1. The number of nitrogens with zero attached hydrogens (tertiary/aromatic N) is 2. The zero-order valence-corrected chi connectivity index (χ0v) is 7.70. The van der Waals surface area contributed by atoms with Crippen molar-refractivity contribution < 1.29 is 15.5 Å². The van der Waals surface area contributed by atoms with Crippen LogP contribution in [0.25, 0.3) is 0 Å². The lowest BCUT2D eigenvalue weighted by molar-refractivity contribution is -0.671. The molecule has 0 unspecified atom stereocenters. The van der Waals surface area contributed by atoms with Gasteiger partial charge in [0.2, 0.25) is 6.33 Å². The van der Waals surface area contributed by atoms with E-state index in [9.17, 15) is 0 Å². The summed E-state index contributed by atoms with van der Waals surface area (Å²) in [4.78, 5) is 0. The lowest BCUT2D eigenvalue weighted by Gasteiger charge is -1.90. The van der Waals surface area contributed by atoms with Crippen LogP contribution in [0.2, 0.25) is 0 Å². The van der Waals surface area contributed by atoms with Gasteiger partial charge in [0, 0.05) is 0 Å². The van der Waals surface area contributed by atoms with Crippen LogP contribution in [0.1, 0.15) is 19.8 Å². The first kappa shape index (κ1) is 13.7. The molecule has 0 bridgehead atoms. The molecule has 12 heavy (non-hydrogen) atoms. The lowest BCUT2D eigenvalue weighted by atomic mass is 10.3. The van der Waals surface area contributed by atoms with Gasteiger partial charge in [-0.1, -0.05) is 13.3 Å². The zero-order valence-electron chi connectivity index (χ0n) is 7.70. The largest absolute Gasteiger partial charge is 0.870 e. The Kier molecular flexibility index (Phi) is 7.78. The molecule has 4 nitrogen and oxygen atoms in total. The molecular formula is C8H18N2O2. The minimum atomic E-state index is 0. The van der Waals surface area contributed by atoms with Crippen LogP contribution in [-0.2, 0) is 13.6 Å². The fourth-order valence-corrected chi connectivity index (χ4v) is 0.975. The second-order valence-corrected chi connectivity index (χ2v) is 2.67. The van der Waals surface area contributed by atoms with Crippen LogP contribution in [-0.4, -0.2) is 15.5 Å². The van der Waals surface area contributed by atoms with Crippen molar-refractivity contribution >= 4 is 0 Å². The highest BCUT2D eigenvalue weighted by molar-refractivity contribution is 4.65. The van der Waals surface area contributed by atoms with Crippen molar-refractivity contribution in [3.8, 4) is 0 Å². The van der Waals surface area contributed by atoms with Crippen molar-refractivity contribution in [1.82, 2.24) is 4.57 Å². The maximum atomic E-state index is 2.21. The van der Waals surface area contributed by atoms with E-state index < -0.39 is 0 Å². The van der Waals surface area contributed by atoms with Crippen LogP contribution >= 0.6 is 0 Å². The van der Waals surface area contributed by atoms with Gasteiger partial charge in [0.05, 0.1) is 13.6 Å². The summed E-state index contributed by atoms with van der Waals surface area (Å²) in [7, 11) is 2.04. The molecule has 0 saturated heterocycles. The van der Waals surface area contributed by atoms with E-state index in [0.29, 0.717) is 0 Å². The molecule has 1 aromatic heterocycles. The molecule has 0 amide bonds. The van der Waals surface area contributed by atoms with Crippen molar-refractivity contribution in [2.24, 2.45) is 7.05 Å². The van der Waals surface area contributed by atoms with E-state index in [1.54, 1.807) is 0 Å². The van der Waals surface area contributed by atoms with E-state index in [-0.39, 0.29) is 11.0 Å². The molecule has 1 rings (SSSR count). The second-order valence-electron chi connectivity index (χ2n) is 2.67. The maximum Gasteiger partial charge on any atom is 0.243 e. The highest BCUT2D eigenvalue weighted by Gasteiger charge is 1.96. The number of hydrogen-bond donors (Lipinski definition) is 0. The van der Waals surface area contributed by atoms with Crippen molar-refractivity contribution in [2.75, 3.05) is 0 Å². The molecule has 1 heterocycles. The fraction of sp³-hybridized carbons (Fsp3) is 0.625. The Labute approximate surface area is 73.1 Å². The summed E-state index contributed by atoms with van der Waals surface area (Å²) in [6.07, 6.45) is 8.82. The van der Waals surface area contributed by atoms with Gasteiger partial charge in [0.15, 0.2) is 0 Å². The van der Waals surface area contributed by atoms with E-state index in [1.165, 1.54) is 12.8 Å². The van der Waals surface area contributed by atoms with Crippen molar-refractivity contribution in [3.63, 3.8) is 0 Å². The third-order valence-electron chi connectivity index (χ3n) is 1.59. The summed E-state index contributed by atoms with van der Waals surface area (Å²) in [5, 5.41) is 0. The third-order valence-corrected chi connectivity index (χ3v) is 1.59. The average molecular weight is 174 g/mol. The van der Waals surface area contributed by atoms with Crippen molar-refractivity contribution in [3.05, 3.63) is 18.7 Å². The summed E-state index contributed by atoms with van der Waals surface area (Å²) in [6.45, 7) is 3.36. The Morgan fingerprint density at radius 2 is 2.08 bits per heavy atom.